The molecule has 4 heteroatoms. The maximum atomic E-state index is 12.1. The Balaban J connectivity index is 1.67. The van der Waals surface area contributed by atoms with Gasteiger partial charge in [0, 0.05) is 31.9 Å². The van der Waals surface area contributed by atoms with Crippen molar-refractivity contribution >= 4 is 17.6 Å². The molecule has 0 bridgehead atoms. The van der Waals surface area contributed by atoms with Crippen molar-refractivity contribution in [3.05, 3.63) is 59.4 Å². The molecule has 0 radical (unpaired) electrons. The number of aliphatic hydroxyl groups is 1. The molecule has 0 amide bonds. The molecule has 106 valence electrons. The first kappa shape index (κ1) is 12.6. The molecule has 2 aliphatic rings. The quantitative estimate of drug-likeness (QED) is 0.883. The van der Waals surface area contributed by atoms with Crippen molar-refractivity contribution in [3.63, 3.8) is 0 Å². The number of Topliss-reactive ketones (excluding diaryl/α,β-unsaturated/α-hetero) is 1. The highest BCUT2D eigenvalue weighted by Crippen LogP contribution is 2.30. The average Bonchev–Trinajstić information content (AvgIpc) is 2.94. The van der Waals surface area contributed by atoms with E-state index >= 15 is 0 Å². The van der Waals surface area contributed by atoms with Crippen LogP contribution in [-0.2, 0) is 5.60 Å². The standard InChI is InChI=1S/C17H16N2O2/c20-16-8-13(9-19-7-1-2-15(16)19)12-3-5-14(6-4-12)17(21)10-18-11-17/h1-7,9,18,21H,8,10-11H2. The van der Waals surface area contributed by atoms with Gasteiger partial charge in [-0.3, -0.25) is 4.79 Å². The Kier molecular flexibility index (Phi) is 2.64. The van der Waals surface area contributed by atoms with Crippen LogP contribution < -0.4 is 5.32 Å². The van der Waals surface area contributed by atoms with Crippen LogP contribution in [0.15, 0.2) is 42.6 Å². The van der Waals surface area contributed by atoms with Gasteiger partial charge in [-0.25, -0.2) is 0 Å². The number of carbonyl (C=O) groups is 1. The molecule has 2 aromatic rings. The van der Waals surface area contributed by atoms with Gasteiger partial charge in [0.2, 0.25) is 0 Å². The van der Waals surface area contributed by atoms with Gasteiger partial charge in [0.05, 0.1) is 5.69 Å². The molecule has 2 aliphatic heterocycles. The fraction of sp³-hybridized carbons (Fsp3) is 0.235. The molecule has 0 atom stereocenters. The van der Waals surface area contributed by atoms with Crippen LogP contribution in [-0.4, -0.2) is 28.5 Å². The summed E-state index contributed by atoms with van der Waals surface area (Å²) in [6.07, 6.45) is 4.32. The summed E-state index contributed by atoms with van der Waals surface area (Å²) in [7, 11) is 0. The molecular weight excluding hydrogens is 264 g/mol. The zero-order valence-corrected chi connectivity index (χ0v) is 11.5. The first-order valence-electron chi connectivity index (χ1n) is 7.10. The second-order valence-electron chi connectivity index (χ2n) is 5.77. The molecule has 1 aromatic heterocycles. The number of hydrogen-bond acceptors (Lipinski definition) is 3. The van der Waals surface area contributed by atoms with Crippen LogP contribution in [0.4, 0.5) is 0 Å². The summed E-state index contributed by atoms with van der Waals surface area (Å²) in [5, 5.41) is 13.4. The average molecular weight is 280 g/mol. The minimum absolute atomic E-state index is 0.142. The predicted octanol–water partition coefficient (Wildman–Crippen LogP) is 1.86. The number of benzene rings is 1. The van der Waals surface area contributed by atoms with E-state index in [0.717, 1.165) is 22.4 Å². The number of β-amino-alcohol motifs (C(OH)–C–C–N with tert-alkyl or cyclic N) is 1. The minimum Gasteiger partial charge on any atom is -0.382 e. The van der Waals surface area contributed by atoms with Crippen molar-refractivity contribution in [3.8, 4) is 0 Å². The highest BCUT2D eigenvalue weighted by Gasteiger charge is 2.35. The Morgan fingerprint density at radius 3 is 2.57 bits per heavy atom. The Labute approximate surface area is 122 Å². The first-order chi connectivity index (χ1) is 10.2. The topological polar surface area (TPSA) is 54.3 Å². The summed E-state index contributed by atoms with van der Waals surface area (Å²) in [5.74, 6) is 0.142. The van der Waals surface area contributed by atoms with E-state index in [1.807, 2.05) is 53.4 Å². The van der Waals surface area contributed by atoms with Crippen molar-refractivity contribution < 1.29 is 9.90 Å². The number of rotatable bonds is 2. The fourth-order valence-electron chi connectivity index (χ4n) is 2.96. The molecule has 2 N–H and O–H groups in total. The highest BCUT2D eigenvalue weighted by atomic mass is 16.3. The van der Waals surface area contributed by atoms with Crippen molar-refractivity contribution in [2.45, 2.75) is 12.0 Å². The van der Waals surface area contributed by atoms with Gasteiger partial charge in [-0.15, -0.1) is 0 Å². The van der Waals surface area contributed by atoms with Gasteiger partial charge in [0.15, 0.2) is 5.78 Å². The van der Waals surface area contributed by atoms with Crippen LogP contribution in [0.5, 0.6) is 0 Å². The predicted molar refractivity (Wildman–Crippen MR) is 80.8 cm³/mol. The number of fused-ring (bicyclic) bond motifs is 1. The SMILES string of the molecule is O=C1CC(c2ccc(C3(O)CNC3)cc2)=Cn2cccc21. The van der Waals surface area contributed by atoms with Gasteiger partial charge >= 0.3 is 0 Å². The smallest absolute Gasteiger partial charge is 0.183 e. The molecule has 0 unspecified atom stereocenters. The highest BCUT2D eigenvalue weighted by molar-refractivity contribution is 6.06. The third-order valence-electron chi connectivity index (χ3n) is 4.34. The Morgan fingerprint density at radius 2 is 1.90 bits per heavy atom. The van der Waals surface area contributed by atoms with Gasteiger partial charge < -0.3 is 15.0 Å². The minimum atomic E-state index is -0.733. The van der Waals surface area contributed by atoms with Crippen LogP contribution in [0.25, 0.3) is 11.8 Å². The lowest BCUT2D eigenvalue weighted by atomic mass is 9.87. The number of allylic oxidation sites excluding steroid dienone is 1. The van der Waals surface area contributed by atoms with Crippen LogP contribution in [0.1, 0.15) is 28.0 Å². The molecule has 1 aromatic carbocycles. The molecular formula is C17H16N2O2. The fourth-order valence-corrected chi connectivity index (χ4v) is 2.96. The molecule has 0 spiro atoms. The molecule has 1 saturated heterocycles. The van der Waals surface area contributed by atoms with Crippen LogP contribution in [0.2, 0.25) is 0 Å². The van der Waals surface area contributed by atoms with Crippen LogP contribution in [0.3, 0.4) is 0 Å². The Morgan fingerprint density at radius 1 is 1.14 bits per heavy atom. The molecule has 4 nitrogen and oxygen atoms in total. The van der Waals surface area contributed by atoms with Gasteiger partial charge in [-0.2, -0.15) is 0 Å². The summed E-state index contributed by atoms with van der Waals surface area (Å²) < 4.78 is 1.87. The van der Waals surface area contributed by atoms with E-state index in [1.165, 1.54) is 0 Å². The number of carbonyl (C=O) groups excluding carboxylic acids is 1. The van der Waals surface area contributed by atoms with Crippen molar-refractivity contribution in [1.29, 1.82) is 0 Å². The lowest BCUT2D eigenvalue weighted by Gasteiger charge is -2.38. The number of nitrogens with zero attached hydrogens (tertiary/aromatic N) is 1. The first-order valence-corrected chi connectivity index (χ1v) is 7.10. The largest absolute Gasteiger partial charge is 0.382 e. The third-order valence-corrected chi connectivity index (χ3v) is 4.34. The summed E-state index contributed by atoms with van der Waals surface area (Å²) in [4.78, 5) is 12.1. The molecule has 21 heavy (non-hydrogen) atoms. The van der Waals surface area contributed by atoms with Crippen LogP contribution in [0, 0.1) is 0 Å². The lowest BCUT2D eigenvalue weighted by Crippen LogP contribution is -2.56. The van der Waals surface area contributed by atoms with Crippen LogP contribution >= 0.6 is 0 Å². The normalized spacial score (nSPS) is 19.7. The van der Waals surface area contributed by atoms with E-state index in [9.17, 15) is 9.90 Å². The van der Waals surface area contributed by atoms with E-state index in [2.05, 4.69) is 5.32 Å². The number of hydrogen-bond donors (Lipinski definition) is 2. The second kappa shape index (κ2) is 4.41. The van der Waals surface area contributed by atoms with Gasteiger partial charge in [0.25, 0.3) is 0 Å². The third kappa shape index (κ3) is 1.95. The Hall–Kier alpha value is -2.17. The zero-order valence-electron chi connectivity index (χ0n) is 11.5. The molecule has 0 saturated carbocycles. The number of nitrogens with one attached hydrogen (secondary N) is 1. The molecule has 4 rings (SSSR count). The van der Waals surface area contributed by atoms with E-state index in [4.69, 9.17) is 0 Å². The van der Waals surface area contributed by atoms with E-state index in [1.54, 1.807) is 0 Å². The van der Waals surface area contributed by atoms with Gasteiger partial charge in [0.1, 0.15) is 5.60 Å². The van der Waals surface area contributed by atoms with E-state index in [0.29, 0.717) is 19.5 Å². The van der Waals surface area contributed by atoms with Crippen molar-refractivity contribution in [2.24, 2.45) is 0 Å². The molecule has 1 fully saturated rings. The monoisotopic (exact) mass is 280 g/mol. The summed E-state index contributed by atoms with van der Waals surface area (Å²) >= 11 is 0. The second-order valence-corrected chi connectivity index (χ2v) is 5.77. The summed E-state index contributed by atoms with van der Waals surface area (Å²) in [6, 6.07) is 11.6. The van der Waals surface area contributed by atoms with E-state index in [-0.39, 0.29) is 5.78 Å². The van der Waals surface area contributed by atoms with Gasteiger partial charge in [-0.1, -0.05) is 24.3 Å². The maximum Gasteiger partial charge on any atom is 0.183 e. The summed E-state index contributed by atoms with van der Waals surface area (Å²) in [5.41, 5.74) is 2.97. The maximum absolute atomic E-state index is 12.1. The number of aromatic nitrogens is 1. The zero-order chi connectivity index (χ0) is 14.4. The Bertz CT molecular complexity index is 736. The summed E-state index contributed by atoms with van der Waals surface area (Å²) in [6.45, 7) is 1.19. The van der Waals surface area contributed by atoms with Gasteiger partial charge in [-0.05, 0) is 28.8 Å². The molecule has 0 aliphatic carbocycles. The van der Waals surface area contributed by atoms with Crippen molar-refractivity contribution in [1.82, 2.24) is 9.88 Å². The molecule has 3 heterocycles. The van der Waals surface area contributed by atoms with E-state index < -0.39 is 5.60 Å². The van der Waals surface area contributed by atoms with Crippen molar-refractivity contribution in [2.75, 3.05) is 13.1 Å². The lowest BCUT2D eigenvalue weighted by molar-refractivity contribution is -0.0146. The number of ketones is 1.